The van der Waals surface area contributed by atoms with E-state index < -0.39 is 5.97 Å². The first kappa shape index (κ1) is 26.5. The minimum atomic E-state index is -0.549. The maximum atomic E-state index is 12.4. The predicted molar refractivity (Wildman–Crippen MR) is 132 cm³/mol. The second-order valence-electron chi connectivity index (χ2n) is 9.74. The van der Waals surface area contributed by atoms with Crippen LogP contribution in [0.3, 0.4) is 0 Å². The van der Waals surface area contributed by atoms with Gasteiger partial charge >= 0.3 is 5.97 Å². The molecule has 180 valence electrons. The Balaban J connectivity index is 2.02. The Morgan fingerprint density at radius 3 is 2.21 bits per heavy atom. The van der Waals surface area contributed by atoms with Gasteiger partial charge < -0.3 is 19.5 Å². The fraction of sp³-hybridized carbons (Fsp3) is 0.462. The molecule has 2 aromatic carbocycles. The molecule has 0 spiro atoms. The van der Waals surface area contributed by atoms with Gasteiger partial charge in [-0.1, -0.05) is 58.4 Å². The van der Waals surface area contributed by atoms with Gasteiger partial charge in [0, 0.05) is 6.07 Å². The fourth-order valence-corrected chi connectivity index (χ4v) is 4.16. The number of rotatable bonds is 9. The number of amides is 1. The van der Waals surface area contributed by atoms with Crippen LogP contribution < -0.4 is 14.8 Å². The van der Waals surface area contributed by atoms with E-state index in [1.165, 1.54) is 24.8 Å². The Labute approximate surface area is 201 Å². The van der Waals surface area contributed by atoms with Crippen LogP contribution in [0.5, 0.6) is 11.5 Å². The third kappa shape index (κ3) is 7.67. The van der Waals surface area contributed by atoms with E-state index in [2.05, 4.69) is 39.9 Å². The minimum Gasteiger partial charge on any atom is -0.496 e. The fourth-order valence-electron chi connectivity index (χ4n) is 3.95. The lowest BCUT2D eigenvalue weighted by Gasteiger charge is -2.33. The highest BCUT2D eigenvalue weighted by Crippen LogP contribution is 2.36. The monoisotopic (exact) mass is 475 g/mol. The predicted octanol–water partition coefficient (Wildman–Crippen LogP) is 6.26. The largest absolute Gasteiger partial charge is 0.496 e. The van der Waals surface area contributed by atoms with E-state index in [0.29, 0.717) is 11.4 Å². The molecular weight excluding hydrogens is 442 g/mol. The second kappa shape index (κ2) is 10.9. The first-order valence-electron chi connectivity index (χ1n) is 10.9. The van der Waals surface area contributed by atoms with Gasteiger partial charge in [-0.25, -0.2) is 4.79 Å². The summed E-state index contributed by atoms with van der Waals surface area (Å²) in [7, 11) is 1.42. The van der Waals surface area contributed by atoms with Crippen molar-refractivity contribution < 1.29 is 23.8 Å². The summed E-state index contributed by atoms with van der Waals surface area (Å²) in [6.45, 7) is 12.9. The van der Waals surface area contributed by atoms with Gasteiger partial charge in [0.15, 0.2) is 6.61 Å². The minimum absolute atomic E-state index is 0.0275. The Morgan fingerprint density at radius 2 is 1.67 bits per heavy atom. The highest BCUT2D eigenvalue weighted by molar-refractivity contribution is 6.34. The summed E-state index contributed by atoms with van der Waals surface area (Å²) in [6.07, 6.45) is 1.04. The Kier molecular flexibility index (Phi) is 8.78. The Morgan fingerprint density at radius 1 is 1.03 bits per heavy atom. The topological polar surface area (TPSA) is 73.9 Å². The molecule has 7 heteroatoms. The van der Waals surface area contributed by atoms with Crippen LogP contribution in [-0.2, 0) is 14.9 Å². The van der Waals surface area contributed by atoms with Crippen molar-refractivity contribution in [3.63, 3.8) is 0 Å². The van der Waals surface area contributed by atoms with Gasteiger partial charge in [-0.15, -0.1) is 0 Å². The lowest BCUT2D eigenvalue weighted by atomic mass is 9.72. The standard InChI is InChI=1S/C26H34ClNO5/c1-8-32-24(30)19-13-20(27)21(14-22(19)31-7)28-23(29)15-33-18-11-9-17(10-12-18)26(5,6)16-25(2,3)4/h9-14H,8,15-16H2,1-7H3,(H,28,29). The van der Waals surface area contributed by atoms with E-state index in [-0.39, 0.29) is 46.3 Å². The number of carbonyl (C=O) groups is 2. The zero-order valence-corrected chi connectivity index (χ0v) is 21.3. The van der Waals surface area contributed by atoms with Gasteiger partial charge in [0.1, 0.15) is 17.1 Å². The SMILES string of the molecule is CCOC(=O)c1cc(Cl)c(NC(=O)COc2ccc(C(C)(C)CC(C)(C)C)cc2)cc1OC. The molecule has 0 heterocycles. The first-order chi connectivity index (χ1) is 15.4. The molecule has 33 heavy (non-hydrogen) atoms. The van der Waals surface area contributed by atoms with Gasteiger partial charge in [0.2, 0.25) is 0 Å². The number of esters is 1. The molecule has 2 aromatic rings. The van der Waals surface area contributed by atoms with Crippen molar-refractivity contribution in [2.45, 2.75) is 53.4 Å². The lowest BCUT2D eigenvalue weighted by Crippen LogP contribution is -2.24. The van der Waals surface area contributed by atoms with E-state index in [1.54, 1.807) is 6.92 Å². The van der Waals surface area contributed by atoms with Crippen LogP contribution in [0.25, 0.3) is 0 Å². The second-order valence-corrected chi connectivity index (χ2v) is 10.1. The number of hydrogen-bond donors (Lipinski definition) is 1. The summed E-state index contributed by atoms with van der Waals surface area (Å²) in [6, 6.07) is 10.7. The van der Waals surface area contributed by atoms with E-state index in [1.807, 2.05) is 24.3 Å². The van der Waals surface area contributed by atoms with Crippen molar-refractivity contribution in [2.24, 2.45) is 5.41 Å². The van der Waals surface area contributed by atoms with Gasteiger partial charge in [-0.2, -0.15) is 0 Å². The lowest BCUT2D eigenvalue weighted by molar-refractivity contribution is -0.118. The molecule has 0 bridgehead atoms. The highest BCUT2D eigenvalue weighted by atomic mass is 35.5. The number of methoxy groups -OCH3 is 1. The van der Waals surface area contributed by atoms with E-state index >= 15 is 0 Å². The maximum Gasteiger partial charge on any atom is 0.341 e. The molecule has 0 aliphatic carbocycles. The highest BCUT2D eigenvalue weighted by Gasteiger charge is 2.27. The number of hydrogen-bond acceptors (Lipinski definition) is 5. The molecule has 2 rings (SSSR count). The zero-order chi connectivity index (χ0) is 24.8. The van der Waals surface area contributed by atoms with E-state index in [0.717, 1.165) is 6.42 Å². The van der Waals surface area contributed by atoms with E-state index in [9.17, 15) is 9.59 Å². The summed E-state index contributed by atoms with van der Waals surface area (Å²) in [5.74, 6) is -0.0871. The molecule has 0 unspecified atom stereocenters. The molecule has 0 fully saturated rings. The molecular formula is C26H34ClNO5. The smallest absolute Gasteiger partial charge is 0.341 e. The number of anilines is 1. The van der Waals surface area contributed by atoms with Crippen LogP contribution in [-0.4, -0.2) is 32.2 Å². The van der Waals surface area contributed by atoms with E-state index in [4.69, 9.17) is 25.8 Å². The number of carbonyl (C=O) groups excluding carboxylic acids is 2. The molecule has 1 amide bonds. The molecule has 0 atom stereocenters. The van der Waals surface area contributed by atoms with Crippen molar-refractivity contribution in [1.29, 1.82) is 0 Å². The van der Waals surface area contributed by atoms with Crippen molar-refractivity contribution in [3.05, 3.63) is 52.5 Å². The van der Waals surface area contributed by atoms with Crippen molar-refractivity contribution >= 4 is 29.2 Å². The molecule has 0 aromatic heterocycles. The van der Waals surface area contributed by atoms with Crippen LogP contribution in [0.4, 0.5) is 5.69 Å². The van der Waals surface area contributed by atoms with Crippen molar-refractivity contribution in [2.75, 3.05) is 25.6 Å². The Hall–Kier alpha value is -2.73. The molecule has 6 nitrogen and oxygen atoms in total. The normalized spacial score (nSPS) is 11.6. The van der Waals surface area contributed by atoms with Gasteiger partial charge in [0.05, 0.1) is 24.4 Å². The average molecular weight is 476 g/mol. The number of benzene rings is 2. The molecule has 1 N–H and O–H groups in total. The summed E-state index contributed by atoms with van der Waals surface area (Å²) in [5, 5.41) is 2.88. The number of ether oxygens (including phenoxy) is 3. The quantitative estimate of drug-likeness (QED) is 0.433. The van der Waals surface area contributed by atoms with Crippen molar-refractivity contribution in [3.8, 4) is 11.5 Å². The molecule has 0 saturated carbocycles. The molecule has 0 saturated heterocycles. The van der Waals surface area contributed by atoms with Crippen LogP contribution >= 0.6 is 11.6 Å². The summed E-state index contributed by atoms with van der Waals surface area (Å²) >= 11 is 6.25. The van der Waals surface area contributed by atoms with Crippen LogP contribution in [0, 0.1) is 5.41 Å². The molecule has 0 aliphatic rings. The Bertz CT molecular complexity index is 977. The van der Waals surface area contributed by atoms with Gasteiger partial charge in [0.25, 0.3) is 5.91 Å². The van der Waals surface area contributed by atoms with Crippen LogP contribution in [0.15, 0.2) is 36.4 Å². The van der Waals surface area contributed by atoms with Gasteiger partial charge in [-0.05, 0) is 47.9 Å². The number of halogens is 1. The number of nitrogens with one attached hydrogen (secondary N) is 1. The maximum absolute atomic E-state index is 12.4. The van der Waals surface area contributed by atoms with Crippen LogP contribution in [0.1, 0.15) is 63.9 Å². The van der Waals surface area contributed by atoms with Crippen LogP contribution in [0.2, 0.25) is 5.02 Å². The summed E-state index contributed by atoms with van der Waals surface area (Å²) in [4.78, 5) is 24.5. The van der Waals surface area contributed by atoms with Crippen molar-refractivity contribution in [1.82, 2.24) is 0 Å². The summed E-state index contributed by atoms with van der Waals surface area (Å²) < 4.78 is 15.9. The zero-order valence-electron chi connectivity index (χ0n) is 20.5. The third-order valence-corrected chi connectivity index (χ3v) is 5.35. The first-order valence-corrected chi connectivity index (χ1v) is 11.3. The molecule has 0 aliphatic heterocycles. The van der Waals surface area contributed by atoms with Gasteiger partial charge in [-0.3, -0.25) is 4.79 Å². The summed E-state index contributed by atoms with van der Waals surface area (Å²) in [5.41, 5.74) is 1.96. The average Bonchev–Trinajstić information content (AvgIpc) is 2.72. The molecule has 0 radical (unpaired) electrons. The third-order valence-electron chi connectivity index (χ3n) is 5.04.